The molecule has 5 nitrogen and oxygen atoms in total. The Morgan fingerprint density at radius 2 is 1.57 bits per heavy atom. The Kier molecular flexibility index (Phi) is 5.86. The van der Waals surface area contributed by atoms with Gasteiger partial charge >= 0.3 is 0 Å². The third-order valence-corrected chi connectivity index (χ3v) is 3.51. The first-order chi connectivity index (χ1) is 11.2. The first-order valence-electron chi connectivity index (χ1n) is 7.31. The monoisotopic (exact) mass is 315 g/mol. The van der Waals surface area contributed by atoms with Crippen molar-refractivity contribution in [3.05, 3.63) is 53.6 Å². The summed E-state index contributed by atoms with van der Waals surface area (Å²) >= 11 is 0. The molecule has 0 radical (unpaired) electrons. The highest BCUT2D eigenvalue weighted by molar-refractivity contribution is 5.97. The minimum Gasteiger partial charge on any atom is -0.497 e. The highest BCUT2D eigenvalue weighted by Crippen LogP contribution is 2.23. The molecule has 0 spiro atoms. The van der Waals surface area contributed by atoms with E-state index in [9.17, 15) is 4.79 Å². The topological polar surface area (TPSA) is 56.8 Å². The Balaban J connectivity index is 1.96. The second-order valence-electron chi connectivity index (χ2n) is 4.92. The first-order valence-corrected chi connectivity index (χ1v) is 7.31. The summed E-state index contributed by atoms with van der Waals surface area (Å²) in [5.41, 5.74) is 1.59. The van der Waals surface area contributed by atoms with Crippen molar-refractivity contribution in [2.24, 2.45) is 0 Å². The van der Waals surface area contributed by atoms with Crippen LogP contribution in [0, 0.1) is 0 Å². The van der Waals surface area contributed by atoms with Gasteiger partial charge in [0.15, 0.2) is 0 Å². The van der Waals surface area contributed by atoms with E-state index >= 15 is 0 Å². The summed E-state index contributed by atoms with van der Waals surface area (Å²) in [7, 11) is 4.74. The molecule has 1 amide bonds. The van der Waals surface area contributed by atoms with Crippen LogP contribution in [-0.4, -0.2) is 33.8 Å². The summed E-state index contributed by atoms with van der Waals surface area (Å²) in [6.07, 6.45) is 0.738. The van der Waals surface area contributed by atoms with Gasteiger partial charge in [0.25, 0.3) is 5.91 Å². The Morgan fingerprint density at radius 3 is 2.17 bits per heavy atom. The zero-order valence-corrected chi connectivity index (χ0v) is 13.6. The van der Waals surface area contributed by atoms with Gasteiger partial charge in [-0.25, -0.2) is 0 Å². The van der Waals surface area contributed by atoms with Gasteiger partial charge in [0.1, 0.15) is 17.2 Å². The molecule has 0 aromatic heterocycles. The lowest BCUT2D eigenvalue weighted by Gasteiger charge is -2.11. The normalized spacial score (nSPS) is 10.0. The van der Waals surface area contributed by atoms with Gasteiger partial charge in [-0.1, -0.05) is 12.1 Å². The Hall–Kier alpha value is -2.69. The van der Waals surface area contributed by atoms with Gasteiger partial charge < -0.3 is 19.5 Å². The average molecular weight is 315 g/mol. The van der Waals surface area contributed by atoms with Gasteiger partial charge in [0, 0.05) is 6.54 Å². The highest BCUT2D eigenvalue weighted by atomic mass is 16.5. The summed E-state index contributed by atoms with van der Waals surface area (Å²) in [5.74, 6) is 1.77. The first kappa shape index (κ1) is 16.7. The van der Waals surface area contributed by atoms with Crippen LogP contribution < -0.4 is 19.5 Å². The van der Waals surface area contributed by atoms with E-state index in [4.69, 9.17) is 14.2 Å². The van der Waals surface area contributed by atoms with Gasteiger partial charge in [-0.15, -0.1) is 0 Å². The molecule has 2 aromatic carbocycles. The minimum atomic E-state index is -0.186. The summed E-state index contributed by atoms with van der Waals surface area (Å²) < 4.78 is 15.5. The van der Waals surface area contributed by atoms with Crippen molar-refractivity contribution in [1.29, 1.82) is 0 Å². The van der Waals surface area contributed by atoms with Crippen LogP contribution in [0.2, 0.25) is 0 Å². The molecule has 5 heteroatoms. The van der Waals surface area contributed by atoms with Crippen LogP contribution in [0.25, 0.3) is 0 Å². The number of hydrogen-bond donors (Lipinski definition) is 1. The lowest BCUT2D eigenvalue weighted by atomic mass is 10.1. The van der Waals surface area contributed by atoms with Crippen molar-refractivity contribution in [3.63, 3.8) is 0 Å². The minimum absolute atomic E-state index is 0.186. The van der Waals surface area contributed by atoms with E-state index in [1.165, 1.54) is 7.11 Å². The largest absolute Gasteiger partial charge is 0.497 e. The van der Waals surface area contributed by atoms with Crippen LogP contribution >= 0.6 is 0 Å². The van der Waals surface area contributed by atoms with Crippen LogP contribution in [0.3, 0.4) is 0 Å². The number of rotatable bonds is 7. The summed E-state index contributed by atoms with van der Waals surface area (Å²) in [6.45, 7) is 0.533. The predicted octanol–water partition coefficient (Wildman–Crippen LogP) is 2.68. The van der Waals surface area contributed by atoms with E-state index in [1.54, 1.807) is 32.4 Å². The van der Waals surface area contributed by atoms with Gasteiger partial charge in [0.05, 0.1) is 26.9 Å². The van der Waals surface area contributed by atoms with Crippen molar-refractivity contribution >= 4 is 5.91 Å². The quantitative estimate of drug-likeness (QED) is 0.853. The summed E-state index contributed by atoms with van der Waals surface area (Å²) in [6, 6.07) is 12.9. The molecule has 0 bridgehead atoms. The van der Waals surface area contributed by atoms with Crippen molar-refractivity contribution < 1.29 is 19.0 Å². The molecular formula is C18H21NO4. The van der Waals surface area contributed by atoms with E-state index in [0.29, 0.717) is 23.6 Å². The zero-order chi connectivity index (χ0) is 16.7. The van der Waals surface area contributed by atoms with Crippen LogP contribution in [0.5, 0.6) is 17.2 Å². The van der Waals surface area contributed by atoms with Gasteiger partial charge in [-0.3, -0.25) is 4.79 Å². The summed E-state index contributed by atoms with van der Waals surface area (Å²) in [4.78, 5) is 12.3. The molecule has 122 valence electrons. The number of benzene rings is 2. The standard InChI is InChI=1S/C18H21NO4/c1-21-14-6-4-13(5-7-14)10-11-19-18(20)16-12-15(22-2)8-9-17(16)23-3/h4-9,12H,10-11H2,1-3H3,(H,19,20). The molecule has 0 unspecified atom stereocenters. The van der Waals surface area contributed by atoms with Crippen molar-refractivity contribution in [1.82, 2.24) is 5.32 Å². The maximum atomic E-state index is 12.3. The molecule has 0 saturated heterocycles. The number of methoxy groups -OCH3 is 3. The predicted molar refractivity (Wildman–Crippen MR) is 88.6 cm³/mol. The van der Waals surface area contributed by atoms with Crippen LogP contribution in [0.1, 0.15) is 15.9 Å². The van der Waals surface area contributed by atoms with Crippen LogP contribution in [-0.2, 0) is 6.42 Å². The summed E-state index contributed by atoms with van der Waals surface area (Å²) in [5, 5.41) is 2.90. The smallest absolute Gasteiger partial charge is 0.255 e. The molecule has 0 atom stereocenters. The third-order valence-electron chi connectivity index (χ3n) is 3.51. The molecule has 1 N–H and O–H groups in total. The van der Waals surface area contributed by atoms with E-state index in [0.717, 1.165) is 17.7 Å². The van der Waals surface area contributed by atoms with Gasteiger partial charge in [0.2, 0.25) is 0 Å². The maximum absolute atomic E-state index is 12.3. The van der Waals surface area contributed by atoms with Crippen LogP contribution in [0.4, 0.5) is 0 Å². The van der Waals surface area contributed by atoms with E-state index < -0.39 is 0 Å². The fourth-order valence-corrected chi connectivity index (χ4v) is 2.20. The molecule has 0 aliphatic rings. The molecule has 2 aromatic rings. The number of ether oxygens (including phenoxy) is 3. The molecule has 0 heterocycles. The number of carbonyl (C=O) groups is 1. The van der Waals surface area contributed by atoms with E-state index in [1.807, 2.05) is 24.3 Å². The fraction of sp³-hybridized carbons (Fsp3) is 0.278. The van der Waals surface area contributed by atoms with Crippen molar-refractivity contribution in [2.75, 3.05) is 27.9 Å². The molecule has 23 heavy (non-hydrogen) atoms. The molecule has 0 aliphatic heterocycles. The number of carbonyl (C=O) groups excluding carboxylic acids is 1. The Bertz CT molecular complexity index is 653. The van der Waals surface area contributed by atoms with Crippen molar-refractivity contribution in [3.8, 4) is 17.2 Å². The van der Waals surface area contributed by atoms with E-state index in [-0.39, 0.29) is 5.91 Å². The second kappa shape index (κ2) is 8.08. The Morgan fingerprint density at radius 1 is 0.913 bits per heavy atom. The lowest BCUT2D eigenvalue weighted by Crippen LogP contribution is -2.26. The highest BCUT2D eigenvalue weighted by Gasteiger charge is 2.13. The molecular weight excluding hydrogens is 294 g/mol. The number of hydrogen-bond acceptors (Lipinski definition) is 4. The zero-order valence-electron chi connectivity index (χ0n) is 13.6. The lowest BCUT2D eigenvalue weighted by molar-refractivity contribution is 0.0950. The molecule has 0 aliphatic carbocycles. The van der Waals surface area contributed by atoms with E-state index in [2.05, 4.69) is 5.32 Å². The van der Waals surface area contributed by atoms with Crippen molar-refractivity contribution in [2.45, 2.75) is 6.42 Å². The Labute approximate surface area is 136 Å². The molecule has 0 fully saturated rings. The fourth-order valence-electron chi connectivity index (χ4n) is 2.20. The SMILES string of the molecule is COc1ccc(CCNC(=O)c2cc(OC)ccc2OC)cc1. The maximum Gasteiger partial charge on any atom is 0.255 e. The molecule has 2 rings (SSSR count). The van der Waals surface area contributed by atoms with Gasteiger partial charge in [-0.2, -0.15) is 0 Å². The number of nitrogens with one attached hydrogen (secondary N) is 1. The third kappa shape index (κ3) is 4.39. The second-order valence-corrected chi connectivity index (χ2v) is 4.92. The average Bonchev–Trinajstić information content (AvgIpc) is 2.61. The van der Waals surface area contributed by atoms with Crippen LogP contribution in [0.15, 0.2) is 42.5 Å². The molecule has 0 saturated carbocycles. The number of amides is 1. The van der Waals surface area contributed by atoms with Gasteiger partial charge in [-0.05, 0) is 42.3 Å².